The minimum atomic E-state index is -0.327. The fourth-order valence-electron chi connectivity index (χ4n) is 4.56. The number of piperidine rings is 1. The first kappa shape index (κ1) is 24.0. The molecular weight excluding hydrogens is 468 g/mol. The Balaban J connectivity index is 1.24. The molecule has 2 amide bonds. The van der Waals surface area contributed by atoms with Gasteiger partial charge in [-0.25, -0.2) is 0 Å². The van der Waals surface area contributed by atoms with E-state index in [4.69, 9.17) is 4.74 Å². The highest BCUT2D eigenvalue weighted by Crippen LogP contribution is 2.34. The van der Waals surface area contributed by atoms with Crippen molar-refractivity contribution in [2.45, 2.75) is 18.9 Å². The molecule has 0 aliphatic carbocycles. The number of rotatable bonds is 6. The Morgan fingerprint density at radius 1 is 1.11 bits per heavy atom. The summed E-state index contributed by atoms with van der Waals surface area (Å²) in [6, 6.07) is 17.3. The molecule has 9 heteroatoms. The molecule has 0 saturated carbocycles. The lowest BCUT2D eigenvalue weighted by atomic mass is 9.99. The third-order valence-electron chi connectivity index (χ3n) is 6.58. The van der Waals surface area contributed by atoms with Gasteiger partial charge in [-0.05, 0) is 52.9 Å². The fraction of sp³-hybridized carbons (Fsp3) is 0.250. The van der Waals surface area contributed by atoms with E-state index < -0.39 is 0 Å². The molecule has 186 valence electrons. The lowest BCUT2D eigenvalue weighted by molar-refractivity contribution is -0.131. The van der Waals surface area contributed by atoms with Gasteiger partial charge in [0.25, 0.3) is 5.91 Å². The topological polar surface area (TPSA) is 113 Å². The van der Waals surface area contributed by atoms with Gasteiger partial charge in [0.15, 0.2) is 0 Å². The molecule has 1 N–H and O–H groups in total. The molecule has 1 saturated heterocycles. The molecule has 0 radical (unpaired) electrons. The number of nitrogens with zero attached hydrogens (tertiary/aromatic N) is 5. The highest BCUT2D eigenvalue weighted by atomic mass is 16.5. The smallest absolute Gasteiger partial charge is 0.269 e. The van der Waals surface area contributed by atoms with Gasteiger partial charge in [0, 0.05) is 57.0 Å². The zero-order valence-electron chi connectivity index (χ0n) is 20.4. The molecular formula is C28H26N6O3. The number of nitriles is 1. The summed E-state index contributed by atoms with van der Waals surface area (Å²) in [4.78, 5) is 31.0. The fourth-order valence-corrected chi connectivity index (χ4v) is 4.56. The van der Waals surface area contributed by atoms with Crippen LogP contribution in [0.4, 0.5) is 0 Å². The Morgan fingerprint density at radius 3 is 2.70 bits per heavy atom. The predicted molar refractivity (Wildman–Crippen MR) is 138 cm³/mol. The molecule has 4 aromatic rings. The van der Waals surface area contributed by atoms with Gasteiger partial charge in [0.2, 0.25) is 5.91 Å². The number of ether oxygens (including phenoxy) is 1. The van der Waals surface area contributed by atoms with E-state index in [0.717, 1.165) is 27.6 Å². The van der Waals surface area contributed by atoms with Crippen LogP contribution < -0.4 is 10.1 Å². The molecule has 9 nitrogen and oxygen atoms in total. The Bertz CT molecular complexity index is 1500. The van der Waals surface area contributed by atoms with Crippen molar-refractivity contribution in [1.29, 1.82) is 5.26 Å². The minimum Gasteiger partial charge on any atom is -0.490 e. The Kier molecular flexibility index (Phi) is 6.81. The third-order valence-corrected chi connectivity index (χ3v) is 6.58. The maximum atomic E-state index is 12.7. The van der Waals surface area contributed by atoms with Crippen LogP contribution in [0.3, 0.4) is 0 Å². The van der Waals surface area contributed by atoms with Crippen LogP contribution in [0.15, 0.2) is 67.1 Å². The highest BCUT2D eigenvalue weighted by Gasteiger charge is 2.25. The van der Waals surface area contributed by atoms with Crippen LogP contribution in [0.2, 0.25) is 0 Å². The Labute approximate surface area is 214 Å². The average Bonchev–Trinajstić information content (AvgIpc) is 3.37. The van der Waals surface area contributed by atoms with E-state index in [2.05, 4.69) is 27.5 Å². The normalized spacial score (nSPS) is 13.8. The number of carbonyl (C=O) groups is 2. The molecule has 5 rings (SSSR count). The molecule has 2 aromatic heterocycles. The molecule has 2 aromatic carbocycles. The van der Waals surface area contributed by atoms with E-state index in [-0.39, 0.29) is 24.5 Å². The summed E-state index contributed by atoms with van der Waals surface area (Å²) in [7, 11) is 1.68. The number of fused-ring (bicyclic) bond motifs is 1. The first-order valence-corrected chi connectivity index (χ1v) is 12.1. The molecule has 3 heterocycles. The zero-order valence-corrected chi connectivity index (χ0v) is 20.4. The van der Waals surface area contributed by atoms with E-state index in [9.17, 15) is 14.9 Å². The number of hydrogen-bond donors (Lipinski definition) is 1. The number of amides is 2. The van der Waals surface area contributed by atoms with E-state index >= 15 is 0 Å². The number of hydrogen-bond acceptors (Lipinski definition) is 6. The van der Waals surface area contributed by atoms with Gasteiger partial charge in [-0.3, -0.25) is 19.3 Å². The summed E-state index contributed by atoms with van der Waals surface area (Å²) in [6.45, 7) is 1.03. The van der Waals surface area contributed by atoms with Crippen molar-refractivity contribution in [1.82, 2.24) is 25.0 Å². The molecule has 1 fully saturated rings. The van der Waals surface area contributed by atoms with Crippen molar-refractivity contribution < 1.29 is 14.3 Å². The molecule has 1 aliphatic rings. The van der Waals surface area contributed by atoms with Crippen molar-refractivity contribution in [3.05, 3.63) is 78.4 Å². The van der Waals surface area contributed by atoms with Gasteiger partial charge in [-0.2, -0.15) is 10.4 Å². The zero-order chi connectivity index (χ0) is 25.8. The second kappa shape index (κ2) is 10.5. The molecule has 0 spiro atoms. The number of nitrogens with one attached hydrogen (secondary N) is 1. The van der Waals surface area contributed by atoms with Crippen molar-refractivity contribution in [3.8, 4) is 22.9 Å². The maximum Gasteiger partial charge on any atom is 0.269 e. The van der Waals surface area contributed by atoms with E-state index in [0.29, 0.717) is 37.2 Å². The number of aryl methyl sites for hydroxylation is 1. The van der Waals surface area contributed by atoms with Crippen LogP contribution in [0.1, 0.15) is 28.9 Å². The summed E-state index contributed by atoms with van der Waals surface area (Å²) in [5, 5.41) is 17.9. The van der Waals surface area contributed by atoms with Crippen molar-refractivity contribution in [3.63, 3.8) is 0 Å². The summed E-state index contributed by atoms with van der Waals surface area (Å²) in [5.74, 6) is 0.284. The van der Waals surface area contributed by atoms with E-state index in [1.54, 1.807) is 42.7 Å². The summed E-state index contributed by atoms with van der Waals surface area (Å²) in [6.07, 6.45) is 6.38. The Hall–Kier alpha value is -4.71. The summed E-state index contributed by atoms with van der Waals surface area (Å²) < 4.78 is 7.92. The number of carbonyl (C=O) groups excluding carboxylic acids is 2. The van der Waals surface area contributed by atoms with Gasteiger partial charge in [0.05, 0.1) is 18.2 Å². The van der Waals surface area contributed by atoms with E-state index in [1.165, 1.54) is 4.68 Å². The molecule has 0 unspecified atom stereocenters. The summed E-state index contributed by atoms with van der Waals surface area (Å²) >= 11 is 0. The monoisotopic (exact) mass is 494 g/mol. The van der Waals surface area contributed by atoms with Gasteiger partial charge in [0.1, 0.15) is 17.5 Å². The third kappa shape index (κ3) is 5.28. The maximum absolute atomic E-state index is 12.7. The second-order valence-electron chi connectivity index (χ2n) is 8.98. The van der Waals surface area contributed by atoms with Crippen LogP contribution in [0, 0.1) is 11.3 Å². The van der Waals surface area contributed by atoms with Gasteiger partial charge in [-0.15, -0.1) is 0 Å². The lowest BCUT2D eigenvalue weighted by Crippen LogP contribution is -2.46. The van der Waals surface area contributed by atoms with Crippen molar-refractivity contribution in [2.24, 2.45) is 7.05 Å². The van der Waals surface area contributed by atoms with Crippen LogP contribution in [-0.4, -0.2) is 57.2 Å². The molecule has 0 bridgehead atoms. The first-order chi connectivity index (χ1) is 18.0. The van der Waals surface area contributed by atoms with Gasteiger partial charge < -0.3 is 15.0 Å². The quantitative estimate of drug-likeness (QED) is 0.440. The number of pyridine rings is 1. The van der Waals surface area contributed by atoms with Crippen molar-refractivity contribution in [2.75, 3.05) is 19.6 Å². The lowest BCUT2D eigenvalue weighted by Gasteiger charge is -2.32. The van der Waals surface area contributed by atoms with E-state index in [1.807, 2.05) is 30.3 Å². The first-order valence-electron chi connectivity index (χ1n) is 12.1. The van der Waals surface area contributed by atoms with Crippen LogP contribution >= 0.6 is 0 Å². The predicted octanol–water partition coefficient (Wildman–Crippen LogP) is 3.31. The minimum absolute atomic E-state index is 0.0582. The molecule has 0 atom stereocenters. The largest absolute Gasteiger partial charge is 0.490 e. The summed E-state index contributed by atoms with van der Waals surface area (Å²) in [5.41, 5.74) is 2.91. The standard InChI is InChI=1S/C28H26N6O3/c1-33-25(6-10-32-33)28(36)31-18-27(35)34-11-7-23(8-12-34)37-26-15-22(14-21-5-9-30-17-24(21)26)20-4-2-3-19(13-20)16-29/h2-6,9-10,13-15,17,23H,7-8,11-12,18H2,1H3,(H,31,36). The molecule has 37 heavy (non-hydrogen) atoms. The second-order valence-corrected chi connectivity index (χ2v) is 8.98. The van der Waals surface area contributed by atoms with Gasteiger partial charge >= 0.3 is 0 Å². The van der Waals surface area contributed by atoms with Crippen LogP contribution in [0.5, 0.6) is 5.75 Å². The Morgan fingerprint density at radius 2 is 1.95 bits per heavy atom. The van der Waals surface area contributed by atoms with Crippen molar-refractivity contribution >= 4 is 22.6 Å². The SMILES string of the molecule is Cn1nccc1C(=O)NCC(=O)N1CCC(Oc2cc(-c3cccc(C#N)c3)cc3ccncc23)CC1. The number of aromatic nitrogens is 3. The molecule has 1 aliphatic heterocycles. The van der Waals surface area contributed by atoms with Crippen LogP contribution in [0.25, 0.3) is 21.9 Å². The number of benzene rings is 2. The van der Waals surface area contributed by atoms with Gasteiger partial charge in [-0.1, -0.05) is 12.1 Å². The van der Waals surface area contributed by atoms with Crippen LogP contribution in [-0.2, 0) is 11.8 Å². The average molecular weight is 495 g/mol. The number of likely N-dealkylation sites (tertiary alicyclic amines) is 1. The highest BCUT2D eigenvalue weighted by molar-refractivity contribution is 5.95.